The third kappa shape index (κ3) is 2.20. The first-order chi connectivity index (χ1) is 6.43. The van der Waals surface area contributed by atoms with E-state index >= 15 is 0 Å². The Morgan fingerprint density at radius 3 is 2.29 bits per heavy atom. The Hall–Kier alpha value is -0.720. The van der Waals surface area contributed by atoms with Crippen LogP contribution < -0.4 is 0 Å². The fraction of sp³-hybridized carbons (Fsp3) is 0.692. The first kappa shape index (κ1) is 11.4. The molecule has 0 unspecified atom stereocenters. The van der Waals surface area contributed by atoms with Gasteiger partial charge in [0, 0.05) is 18.3 Å². The quantitative estimate of drug-likeness (QED) is 0.662. The molecule has 1 rings (SSSR count). The van der Waals surface area contributed by atoms with Crippen LogP contribution in [0.1, 0.15) is 41.0 Å². The van der Waals surface area contributed by atoms with Crippen molar-refractivity contribution in [3.63, 3.8) is 0 Å². The minimum atomic E-state index is 0.597. The zero-order valence-electron chi connectivity index (χ0n) is 10.2. The molecule has 0 spiro atoms. The van der Waals surface area contributed by atoms with Crippen molar-refractivity contribution in [2.24, 2.45) is 5.92 Å². The summed E-state index contributed by atoms with van der Waals surface area (Å²) in [6, 6.07) is 1.26. The average molecular weight is 193 g/mol. The normalized spacial score (nSPS) is 22.1. The Morgan fingerprint density at radius 2 is 2.00 bits per heavy atom. The summed E-state index contributed by atoms with van der Waals surface area (Å²) in [6.07, 6.45) is 3.48. The summed E-state index contributed by atoms with van der Waals surface area (Å²) >= 11 is 0. The molecule has 0 radical (unpaired) electrons. The molecule has 0 saturated carbocycles. The third-order valence-electron chi connectivity index (χ3n) is 3.03. The molecule has 1 aliphatic heterocycles. The van der Waals surface area contributed by atoms with Gasteiger partial charge >= 0.3 is 0 Å². The lowest BCUT2D eigenvalue weighted by molar-refractivity contribution is 0.200. The third-order valence-corrected chi connectivity index (χ3v) is 3.03. The van der Waals surface area contributed by atoms with E-state index in [-0.39, 0.29) is 0 Å². The summed E-state index contributed by atoms with van der Waals surface area (Å²) in [5.74, 6) is 0.713. The predicted octanol–water partition coefficient (Wildman–Crippen LogP) is 3.59. The van der Waals surface area contributed by atoms with E-state index in [4.69, 9.17) is 0 Å². The minimum Gasteiger partial charge on any atom is -0.371 e. The van der Waals surface area contributed by atoms with Crippen molar-refractivity contribution in [1.29, 1.82) is 0 Å². The average Bonchev–Trinajstić information content (AvgIpc) is 2.47. The van der Waals surface area contributed by atoms with Crippen LogP contribution in [0.15, 0.2) is 23.9 Å². The van der Waals surface area contributed by atoms with Gasteiger partial charge < -0.3 is 4.90 Å². The van der Waals surface area contributed by atoms with E-state index in [9.17, 15) is 0 Å². The van der Waals surface area contributed by atoms with Gasteiger partial charge in [0.25, 0.3) is 0 Å². The number of hydrogen-bond acceptors (Lipinski definition) is 1. The molecule has 1 nitrogen and oxygen atoms in total. The van der Waals surface area contributed by atoms with E-state index < -0.39 is 0 Å². The maximum absolute atomic E-state index is 4.03. The number of allylic oxidation sites excluding steroid dienone is 1. The van der Waals surface area contributed by atoms with Gasteiger partial charge in [-0.2, -0.15) is 0 Å². The highest BCUT2D eigenvalue weighted by molar-refractivity contribution is 5.30. The lowest BCUT2D eigenvalue weighted by atomic mass is 9.96. The van der Waals surface area contributed by atoms with Crippen molar-refractivity contribution in [2.45, 2.75) is 53.1 Å². The molecule has 0 bridgehead atoms. The molecule has 80 valence electrons. The summed E-state index contributed by atoms with van der Waals surface area (Å²) in [4.78, 5) is 2.48. The van der Waals surface area contributed by atoms with Crippen molar-refractivity contribution in [2.75, 3.05) is 0 Å². The van der Waals surface area contributed by atoms with Crippen molar-refractivity contribution < 1.29 is 0 Å². The second-order valence-corrected chi connectivity index (χ2v) is 4.99. The van der Waals surface area contributed by atoms with E-state index in [0.717, 1.165) is 0 Å². The maximum atomic E-state index is 4.03. The van der Waals surface area contributed by atoms with Crippen molar-refractivity contribution in [3.05, 3.63) is 23.9 Å². The predicted molar refractivity (Wildman–Crippen MR) is 63.1 cm³/mol. The molecule has 1 aliphatic rings. The molecule has 1 atom stereocenters. The van der Waals surface area contributed by atoms with Crippen LogP contribution in [0, 0.1) is 5.92 Å². The van der Waals surface area contributed by atoms with Crippen LogP contribution in [0.4, 0.5) is 0 Å². The van der Waals surface area contributed by atoms with E-state index in [1.807, 2.05) is 0 Å². The monoisotopic (exact) mass is 193 g/mol. The molecular formula is C13H23N. The van der Waals surface area contributed by atoms with E-state index in [1.54, 1.807) is 0 Å². The Bertz CT molecular complexity index is 248. The number of nitrogens with zero attached hydrogens (tertiary/aromatic N) is 1. The summed E-state index contributed by atoms with van der Waals surface area (Å²) < 4.78 is 0. The van der Waals surface area contributed by atoms with Crippen LogP contribution in [0.25, 0.3) is 0 Å². The smallest absolute Gasteiger partial charge is 0.0351 e. The summed E-state index contributed by atoms with van der Waals surface area (Å²) in [6.45, 7) is 15.3. The molecule has 1 heteroatoms. The molecule has 0 aliphatic carbocycles. The maximum Gasteiger partial charge on any atom is 0.0351 e. The van der Waals surface area contributed by atoms with Crippen LogP contribution in [0.2, 0.25) is 0 Å². The highest BCUT2D eigenvalue weighted by Crippen LogP contribution is 2.31. The van der Waals surface area contributed by atoms with E-state index in [2.05, 4.69) is 52.3 Å². The van der Waals surface area contributed by atoms with Crippen LogP contribution >= 0.6 is 0 Å². The topological polar surface area (TPSA) is 3.24 Å². The second-order valence-electron chi connectivity index (χ2n) is 4.99. The van der Waals surface area contributed by atoms with Crippen LogP contribution in [-0.2, 0) is 0 Å². The van der Waals surface area contributed by atoms with Crippen LogP contribution in [-0.4, -0.2) is 17.0 Å². The standard InChI is InChI=1S/C13H23N/c1-9(2)12-7-13(10(3)4)14(8-12)11(5)6/h8,10-11,13H,1,7H2,2-6H3/t13-/m0/s1. The molecule has 0 aromatic carbocycles. The van der Waals surface area contributed by atoms with Crippen molar-refractivity contribution in [3.8, 4) is 0 Å². The van der Waals surface area contributed by atoms with Crippen LogP contribution in [0.3, 0.4) is 0 Å². The fourth-order valence-corrected chi connectivity index (χ4v) is 2.06. The first-order valence-electron chi connectivity index (χ1n) is 5.57. The Morgan fingerprint density at radius 1 is 1.43 bits per heavy atom. The van der Waals surface area contributed by atoms with Gasteiger partial charge in [-0.25, -0.2) is 0 Å². The molecule has 0 amide bonds. The molecule has 0 aromatic rings. The fourth-order valence-electron chi connectivity index (χ4n) is 2.06. The highest BCUT2D eigenvalue weighted by atomic mass is 15.2. The number of hydrogen-bond donors (Lipinski definition) is 0. The van der Waals surface area contributed by atoms with Gasteiger partial charge in [-0.15, -0.1) is 0 Å². The van der Waals surface area contributed by atoms with Gasteiger partial charge in [-0.3, -0.25) is 0 Å². The largest absolute Gasteiger partial charge is 0.371 e. The minimum absolute atomic E-state index is 0.597. The Balaban J connectivity index is 2.82. The van der Waals surface area contributed by atoms with Gasteiger partial charge in [-0.1, -0.05) is 26.0 Å². The molecule has 1 heterocycles. The molecule has 0 fully saturated rings. The molecular weight excluding hydrogens is 170 g/mol. The molecule has 0 aromatic heterocycles. The van der Waals surface area contributed by atoms with E-state index in [0.29, 0.717) is 18.0 Å². The SMILES string of the molecule is C=C(C)C1=CN(C(C)C)[C@H](C(C)C)C1. The summed E-state index contributed by atoms with van der Waals surface area (Å²) in [5.41, 5.74) is 2.65. The second kappa shape index (κ2) is 4.20. The van der Waals surface area contributed by atoms with Gasteiger partial charge in [0.2, 0.25) is 0 Å². The van der Waals surface area contributed by atoms with Gasteiger partial charge in [-0.05, 0) is 38.7 Å². The zero-order valence-corrected chi connectivity index (χ0v) is 10.2. The molecule has 0 N–H and O–H groups in total. The van der Waals surface area contributed by atoms with Crippen molar-refractivity contribution >= 4 is 0 Å². The highest BCUT2D eigenvalue weighted by Gasteiger charge is 2.28. The first-order valence-corrected chi connectivity index (χ1v) is 5.57. The van der Waals surface area contributed by atoms with Gasteiger partial charge in [0.05, 0.1) is 0 Å². The lowest BCUT2D eigenvalue weighted by Gasteiger charge is -2.32. The Kier molecular flexibility index (Phi) is 3.41. The summed E-state index contributed by atoms with van der Waals surface area (Å²) in [7, 11) is 0. The van der Waals surface area contributed by atoms with Gasteiger partial charge in [0.15, 0.2) is 0 Å². The molecule has 14 heavy (non-hydrogen) atoms. The summed E-state index contributed by atoms with van der Waals surface area (Å²) in [5, 5.41) is 0. The zero-order chi connectivity index (χ0) is 10.9. The lowest BCUT2D eigenvalue weighted by Crippen LogP contribution is -2.36. The van der Waals surface area contributed by atoms with E-state index in [1.165, 1.54) is 17.6 Å². The molecule has 0 saturated heterocycles. The van der Waals surface area contributed by atoms with Gasteiger partial charge in [0.1, 0.15) is 0 Å². The number of rotatable bonds is 3. The van der Waals surface area contributed by atoms with Crippen LogP contribution in [0.5, 0.6) is 0 Å². The van der Waals surface area contributed by atoms with Crippen molar-refractivity contribution in [1.82, 2.24) is 4.90 Å². The Labute approximate surface area is 88.5 Å².